The van der Waals surface area contributed by atoms with Gasteiger partial charge in [-0.05, 0) is 53.6 Å². The van der Waals surface area contributed by atoms with Gasteiger partial charge in [-0.1, -0.05) is 146 Å². The van der Waals surface area contributed by atoms with E-state index >= 15 is 0 Å². The van der Waals surface area contributed by atoms with Gasteiger partial charge in [-0.2, -0.15) is 0 Å². The van der Waals surface area contributed by atoms with Crippen LogP contribution in [-0.2, 0) is 0 Å². The molecule has 0 saturated carbocycles. The molecule has 0 radical (unpaired) electrons. The molecule has 0 aliphatic rings. The lowest BCUT2D eigenvalue weighted by molar-refractivity contribution is 1.08. The molecular weight excluding hydrogens is 759 g/mol. The predicted octanol–water partition coefficient (Wildman–Crippen LogP) is 14.3. The van der Waals surface area contributed by atoms with Gasteiger partial charge in [-0.15, -0.1) is 22.7 Å². The largest absolute Gasteiger partial charge is 0.292 e. The third-order valence-corrected chi connectivity index (χ3v) is 13.6. The molecule has 0 fully saturated rings. The van der Waals surface area contributed by atoms with Crippen LogP contribution in [0.4, 0.5) is 0 Å². The van der Waals surface area contributed by atoms with Gasteiger partial charge in [0, 0.05) is 68.3 Å². The van der Waals surface area contributed by atoms with Crippen LogP contribution in [0.2, 0.25) is 0 Å². The fourth-order valence-electron chi connectivity index (χ4n) is 8.41. The first-order valence-corrected chi connectivity index (χ1v) is 21.2. The molecule has 0 N–H and O–H groups in total. The van der Waals surface area contributed by atoms with Crippen LogP contribution in [0.3, 0.4) is 0 Å². The van der Waals surface area contributed by atoms with E-state index in [1.807, 2.05) is 18.2 Å². The van der Waals surface area contributed by atoms with E-state index in [2.05, 4.69) is 174 Å². The summed E-state index contributed by atoms with van der Waals surface area (Å²) in [5.41, 5.74) is 9.35. The molecule has 4 heterocycles. The summed E-state index contributed by atoms with van der Waals surface area (Å²) in [6, 6.07) is 65.9. The van der Waals surface area contributed by atoms with Gasteiger partial charge in [0.15, 0.2) is 17.5 Å². The van der Waals surface area contributed by atoms with Gasteiger partial charge in [-0.25, -0.2) is 19.9 Å². The highest BCUT2D eigenvalue weighted by atomic mass is 32.1. The Kier molecular flexibility index (Phi) is 7.82. The summed E-state index contributed by atoms with van der Waals surface area (Å²) in [6.45, 7) is 0. The van der Waals surface area contributed by atoms with Gasteiger partial charge in [0.2, 0.25) is 0 Å². The highest BCUT2D eigenvalue weighted by Crippen LogP contribution is 2.48. The summed E-state index contributed by atoms with van der Waals surface area (Å²) in [4.78, 5) is 21.2. The zero-order chi connectivity index (χ0) is 38.9. The molecule has 0 bridgehead atoms. The maximum atomic E-state index is 5.41. The summed E-state index contributed by atoms with van der Waals surface area (Å²) in [6.07, 6.45) is 0. The minimum absolute atomic E-state index is 0.644. The molecule has 0 aliphatic heterocycles. The minimum atomic E-state index is 0.644. The average Bonchev–Trinajstić information content (AvgIpc) is 4.01. The van der Waals surface area contributed by atoms with E-state index in [1.165, 1.54) is 25.6 Å². The number of hydrogen-bond donors (Lipinski definition) is 0. The molecule has 59 heavy (non-hydrogen) atoms. The van der Waals surface area contributed by atoms with Gasteiger partial charge < -0.3 is 0 Å². The Labute approximate surface area is 347 Å². The molecule has 0 unspecified atom stereocenters. The van der Waals surface area contributed by atoms with Crippen LogP contribution in [0, 0.1) is 0 Å². The lowest BCUT2D eigenvalue weighted by atomic mass is 9.96. The molecule has 0 amide bonds. The first-order chi connectivity index (χ1) is 29.3. The second-order valence-corrected chi connectivity index (χ2v) is 16.6. The highest BCUT2D eigenvalue weighted by Gasteiger charge is 2.24. The highest BCUT2D eigenvalue weighted by molar-refractivity contribution is 7.27. The normalized spacial score (nSPS) is 11.7. The third-order valence-electron chi connectivity index (χ3n) is 11.1. The van der Waals surface area contributed by atoms with Crippen molar-refractivity contribution in [3.63, 3.8) is 0 Å². The molecule has 5 nitrogen and oxygen atoms in total. The fraction of sp³-hybridized carbons (Fsp3) is 0. The zero-order valence-corrected chi connectivity index (χ0v) is 33.1. The topological polar surface area (TPSA) is 56.5 Å². The van der Waals surface area contributed by atoms with Gasteiger partial charge in [0.1, 0.15) is 5.82 Å². The molecule has 12 aromatic rings. The Bertz CT molecular complexity index is 3550. The number of thiophene rings is 2. The number of nitrogens with zero attached hydrogens (tertiary/aromatic N) is 5. The molecule has 0 spiro atoms. The number of rotatable bonds is 6. The lowest BCUT2D eigenvalue weighted by Gasteiger charge is -2.14. The number of benzene rings is 8. The number of hydrogen-bond acceptors (Lipinski definition) is 6. The Morgan fingerprint density at radius 2 is 0.915 bits per heavy atom. The third kappa shape index (κ3) is 5.51. The smallest absolute Gasteiger partial charge is 0.165 e. The average molecular weight is 790 g/mol. The van der Waals surface area contributed by atoms with E-state index in [0.717, 1.165) is 70.7 Å². The summed E-state index contributed by atoms with van der Waals surface area (Å²) in [7, 11) is 0. The molecule has 4 aromatic heterocycles. The van der Waals surface area contributed by atoms with E-state index in [4.69, 9.17) is 19.9 Å². The van der Waals surface area contributed by atoms with Crippen molar-refractivity contribution in [1.82, 2.24) is 24.5 Å². The van der Waals surface area contributed by atoms with Crippen LogP contribution in [-0.4, -0.2) is 24.5 Å². The Hall–Kier alpha value is -7.32. The molecule has 7 heteroatoms. The van der Waals surface area contributed by atoms with Crippen molar-refractivity contribution in [3.05, 3.63) is 188 Å². The number of para-hydroxylation sites is 3. The molecular formula is C52H31N5S2. The Balaban J connectivity index is 1.14. The van der Waals surface area contributed by atoms with Crippen molar-refractivity contribution in [2.75, 3.05) is 0 Å². The summed E-state index contributed by atoms with van der Waals surface area (Å²) in [5.74, 6) is 2.85. The Morgan fingerprint density at radius 1 is 0.356 bits per heavy atom. The van der Waals surface area contributed by atoms with Crippen molar-refractivity contribution in [3.8, 4) is 62.4 Å². The fourth-order valence-corrected chi connectivity index (χ4v) is 11.0. The van der Waals surface area contributed by atoms with Crippen molar-refractivity contribution in [2.24, 2.45) is 0 Å². The minimum Gasteiger partial charge on any atom is -0.292 e. The van der Waals surface area contributed by atoms with Crippen molar-refractivity contribution in [1.29, 1.82) is 0 Å². The number of aromatic nitrogens is 5. The number of imidazole rings is 1. The molecule has 12 rings (SSSR count). The van der Waals surface area contributed by atoms with Crippen molar-refractivity contribution in [2.45, 2.75) is 0 Å². The molecule has 0 aliphatic carbocycles. The van der Waals surface area contributed by atoms with Gasteiger partial charge in [0.05, 0.1) is 11.0 Å². The first kappa shape index (κ1) is 33.8. The summed E-state index contributed by atoms with van der Waals surface area (Å²) < 4.78 is 7.00. The lowest BCUT2D eigenvalue weighted by Crippen LogP contribution is -2.00. The molecule has 0 atom stereocenters. The van der Waals surface area contributed by atoms with Crippen LogP contribution in [0.1, 0.15) is 0 Å². The monoisotopic (exact) mass is 789 g/mol. The molecule has 276 valence electrons. The van der Waals surface area contributed by atoms with E-state index in [9.17, 15) is 0 Å². The van der Waals surface area contributed by atoms with E-state index in [1.54, 1.807) is 22.7 Å². The second kappa shape index (κ2) is 13.7. The maximum absolute atomic E-state index is 5.41. The zero-order valence-electron chi connectivity index (χ0n) is 31.5. The van der Waals surface area contributed by atoms with Gasteiger partial charge in [-0.3, -0.25) is 4.57 Å². The predicted molar refractivity (Wildman–Crippen MR) is 247 cm³/mol. The van der Waals surface area contributed by atoms with Gasteiger partial charge >= 0.3 is 0 Å². The number of fused-ring (bicyclic) bond motifs is 7. The summed E-state index contributed by atoms with van der Waals surface area (Å²) in [5, 5.41) is 4.77. The second-order valence-electron chi connectivity index (χ2n) is 14.6. The standard InChI is InChI=1S/C52H31N5S2/c1-4-16-32(17-5-1)35-30-31-39-38-24-15-26-41(47(38)59-48(39)45(35)52-53-42-27-11-12-28-43(42)57(52)34-20-8-3-9-21-34)51-55-49(33-18-6-2-7-19-33)54-50(56-51)40-25-14-23-37-36-22-10-13-29-44(36)58-46(37)40/h1-31H. The van der Waals surface area contributed by atoms with Crippen molar-refractivity contribution >= 4 is 74.1 Å². The van der Waals surface area contributed by atoms with E-state index in [-0.39, 0.29) is 0 Å². The van der Waals surface area contributed by atoms with Crippen LogP contribution >= 0.6 is 22.7 Å². The van der Waals surface area contributed by atoms with Crippen LogP contribution in [0.5, 0.6) is 0 Å². The maximum Gasteiger partial charge on any atom is 0.165 e. The van der Waals surface area contributed by atoms with Crippen LogP contribution in [0.25, 0.3) is 114 Å². The molecule has 8 aromatic carbocycles. The summed E-state index contributed by atoms with van der Waals surface area (Å²) >= 11 is 3.57. The SMILES string of the molecule is c1ccc(-c2nc(-c3cccc4c3sc3ccccc34)nc(-c3cccc4c3sc3c(-c5nc6ccccc6n5-c5ccccc5)c(-c5ccccc5)ccc34)n2)cc1. The quantitative estimate of drug-likeness (QED) is 0.168. The molecule has 0 saturated heterocycles. The van der Waals surface area contributed by atoms with Gasteiger partial charge in [0.25, 0.3) is 0 Å². The Morgan fingerprint density at radius 3 is 1.66 bits per heavy atom. The van der Waals surface area contributed by atoms with Crippen LogP contribution < -0.4 is 0 Å². The van der Waals surface area contributed by atoms with Crippen molar-refractivity contribution < 1.29 is 0 Å². The van der Waals surface area contributed by atoms with E-state index in [0.29, 0.717) is 17.5 Å². The van der Waals surface area contributed by atoms with E-state index < -0.39 is 0 Å². The first-order valence-electron chi connectivity index (χ1n) is 19.6. The van der Waals surface area contributed by atoms with Crippen LogP contribution in [0.15, 0.2) is 188 Å².